The predicted molar refractivity (Wildman–Crippen MR) is 152 cm³/mol. The molecule has 8 heteroatoms. The number of hydrogen-bond acceptors (Lipinski definition) is 8. The smallest absolute Gasteiger partial charge is 0.303 e. The molecule has 1 saturated heterocycles. The van der Waals surface area contributed by atoms with Gasteiger partial charge in [-0.2, -0.15) is 0 Å². The van der Waals surface area contributed by atoms with E-state index in [1.54, 1.807) is 0 Å². The average Bonchev–Trinajstić information content (AvgIpc) is 2.98. The molecular weight excluding hydrogens is 524 g/mol. The van der Waals surface area contributed by atoms with E-state index in [4.69, 9.17) is 28.4 Å². The second-order valence-corrected chi connectivity index (χ2v) is 9.94. The predicted octanol–water partition coefficient (Wildman–Crippen LogP) is 5.03. The van der Waals surface area contributed by atoms with Gasteiger partial charge in [-0.05, 0) is 16.7 Å². The lowest BCUT2D eigenvalue weighted by molar-refractivity contribution is -0.267. The first-order valence-corrected chi connectivity index (χ1v) is 13.9. The number of carbonyl (C=O) groups excluding carboxylic acids is 2. The Balaban J connectivity index is 1.60. The van der Waals surface area contributed by atoms with E-state index in [0.717, 1.165) is 16.7 Å². The van der Waals surface area contributed by atoms with Crippen LogP contribution in [-0.4, -0.2) is 55.7 Å². The number of benzene rings is 3. The third-order valence-electron chi connectivity index (χ3n) is 6.70. The van der Waals surface area contributed by atoms with Crippen molar-refractivity contribution in [3.8, 4) is 0 Å². The first kappa shape index (κ1) is 30.4. The van der Waals surface area contributed by atoms with Crippen LogP contribution in [-0.2, 0) is 57.8 Å². The minimum atomic E-state index is -0.794. The third kappa shape index (κ3) is 9.79. The van der Waals surface area contributed by atoms with Crippen molar-refractivity contribution in [1.82, 2.24) is 0 Å². The van der Waals surface area contributed by atoms with E-state index in [-0.39, 0.29) is 19.8 Å². The molecule has 5 atom stereocenters. The van der Waals surface area contributed by atoms with Crippen LogP contribution in [0, 0.1) is 0 Å². The number of carbonyl (C=O) groups is 2. The Morgan fingerprint density at radius 2 is 1.15 bits per heavy atom. The fraction of sp³-hybridized carbons (Fsp3) is 0.394. The SMILES string of the molecule is CC(=O)OCC[C@H]1O[C@H](COCc2ccccc2)[C@@H](OCc2ccccc2)[C@H](OCc2ccccc2)[C@@H]1OC(C)=O. The molecular formula is C33H38O8. The summed E-state index contributed by atoms with van der Waals surface area (Å²) in [7, 11) is 0. The van der Waals surface area contributed by atoms with Crippen LogP contribution in [0.4, 0.5) is 0 Å². The molecule has 0 aliphatic carbocycles. The van der Waals surface area contributed by atoms with Crippen molar-refractivity contribution in [2.24, 2.45) is 0 Å². The van der Waals surface area contributed by atoms with Crippen molar-refractivity contribution < 1.29 is 38.0 Å². The molecule has 0 aromatic heterocycles. The molecule has 1 aliphatic rings. The van der Waals surface area contributed by atoms with E-state index in [1.807, 2.05) is 91.0 Å². The molecule has 0 bridgehead atoms. The molecule has 8 nitrogen and oxygen atoms in total. The van der Waals surface area contributed by atoms with E-state index in [0.29, 0.717) is 19.6 Å². The monoisotopic (exact) mass is 562 g/mol. The Morgan fingerprint density at radius 1 is 0.634 bits per heavy atom. The fourth-order valence-electron chi connectivity index (χ4n) is 4.80. The first-order valence-electron chi connectivity index (χ1n) is 13.9. The standard InChI is InChI=1S/C33H38O8/c1-24(34)37-19-18-29-32(40-25(2)35)33(39-22-28-16-10-5-11-17-28)31(38-21-27-14-8-4-9-15-27)30(41-29)23-36-20-26-12-6-3-7-13-26/h3-17,29-33H,18-23H2,1-2H3/t29-,30-,31-,32-,33+/m1/s1. The van der Waals surface area contributed by atoms with Gasteiger partial charge in [0.1, 0.15) is 24.4 Å². The molecule has 218 valence electrons. The fourth-order valence-corrected chi connectivity index (χ4v) is 4.80. The van der Waals surface area contributed by atoms with Gasteiger partial charge in [0.05, 0.1) is 33.0 Å². The van der Waals surface area contributed by atoms with Gasteiger partial charge >= 0.3 is 11.9 Å². The van der Waals surface area contributed by atoms with Gasteiger partial charge in [0.15, 0.2) is 6.10 Å². The van der Waals surface area contributed by atoms with Crippen molar-refractivity contribution in [2.75, 3.05) is 13.2 Å². The van der Waals surface area contributed by atoms with Crippen LogP contribution in [0.2, 0.25) is 0 Å². The molecule has 0 unspecified atom stereocenters. The first-order chi connectivity index (χ1) is 20.0. The van der Waals surface area contributed by atoms with Gasteiger partial charge < -0.3 is 28.4 Å². The van der Waals surface area contributed by atoms with Crippen LogP contribution in [0.25, 0.3) is 0 Å². The van der Waals surface area contributed by atoms with Crippen molar-refractivity contribution in [3.05, 3.63) is 108 Å². The maximum atomic E-state index is 12.3. The van der Waals surface area contributed by atoms with E-state index in [2.05, 4.69) is 0 Å². The van der Waals surface area contributed by atoms with Crippen molar-refractivity contribution in [3.63, 3.8) is 0 Å². The van der Waals surface area contributed by atoms with E-state index in [1.165, 1.54) is 13.8 Å². The molecule has 41 heavy (non-hydrogen) atoms. The summed E-state index contributed by atoms with van der Waals surface area (Å²) in [4.78, 5) is 23.7. The Morgan fingerprint density at radius 3 is 1.66 bits per heavy atom. The summed E-state index contributed by atoms with van der Waals surface area (Å²) >= 11 is 0. The van der Waals surface area contributed by atoms with Crippen LogP contribution in [0.15, 0.2) is 91.0 Å². The Hall–Kier alpha value is -3.56. The van der Waals surface area contributed by atoms with Gasteiger partial charge in [0, 0.05) is 20.3 Å². The molecule has 1 heterocycles. The number of hydrogen-bond donors (Lipinski definition) is 0. The van der Waals surface area contributed by atoms with Crippen LogP contribution in [0.5, 0.6) is 0 Å². The lowest BCUT2D eigenvalue weighted by Crippen LogP contribution is -2.61. The number of ether oxygens (including phenoxy) is 6. The molecule has 3 aromatic carbocycles. The molecule has 0 spiro atoms. The summed E-state index contributed by atoms with van der Waals surface area (Å²) < 4.78 is 36.6. The molecule has 0 radical (unpaired) electrons. The van der Waals surface area contributed by atoms with Gasteiger partial charge in [0.25, 0.3) is 0 Å². The number of rotatable bonds is 14. The zero-order valence-corrected chi connectivity index (χ0v) is 23.6. The average molecular weight is 563 g/mol. The molecule has 0 N–H and O–H groups in total. The summed E-state index contributed by atoms with van der Waals surface area (Å²) in [6.45, 7) is 4.01. The summed E-state index contributed by atoms with van der Waals surface area (Å²) in [5.41, 5.74) is 2.99. The number of esters is 2. The maximum absolute atomic E-state index is 12.3. The minimum Gasteiger partial charge on any atom is -0.466 e. The van der Waals surface area contributed by atoms with Crippen LogP contribution in [0.3, 0.4) is 0 Å². The van der Waals surface area contributed by atoms with Gasteiger partial charge in [-0.25, -0.2) is 0 Å². The second-order valence-electron chi connectivity index (χ2n) is 9.94. The van der Waals surface area contributed by atoms with Crippen molar-refractivity contribution >= 4 is 11.9 Å². The van der Waals surface area contributed by atoms with Gasteiger partial charge in [0.2, 0.25) is 0 Å². The summed E-state index contributed by atoms with van der Waals surface area (Å²) in [5, 5.41) is 0. The van der Waals surface area contributed by atoms with E-state index in [9.17, 15) is 9.59 Å². The molecule has 3 aromatic rings. The third-order valence-corrected chi connectivity index (χ3v) is 6.70. The molecule has 0 amide bonds. The lowest BCUT2D eigenvalue weighted by atomic mass is 9.92. The Bertz CT molecular complexity index is 1190. The second kappa shape index (κ2) is 16.0. The minimum absolute atomic E-state index is 0.107. The maximum Gasteiger partial charge on any atom is 0.303 e. The molecule has 1 fully saturated rings. The largest absolute Gasteiger partial charge is 0.466 e. The Labute approximate surface area is 241 Å². The zero-order valence-electron chi connectivity index (χ0n) is 23.6. The van der Waals surface area contributed by atoms with Crippen molar-refractivity contribution in [1.29, 1.82) is 0 Å². The highest BCUT2D eigenvalue weighted by Crippen LogP contribution is 2.32. The highest BCUT2D eigenvalue weighted by molar-refractivity contribution is 5.66. The Kier molecular flexibility index (Phi) is 11.9. The zero-order chi connectivity index (χ0) is 28.9. The highest BCUT2D eigenvalue weighted by Gasteiger charge is 2.49. The highest BCUT2D eigenvalue weighted by atomic mass is 16.6. The lowest BCUT2D eigenvalue weighted by Gasteiger charge is -2.45. The summed E-state index contributed by atoms with van der Waals surface area (Å²) in [6.07, 6.45) is -2.94. The molecule has 0 saturated carbocycles. The van der Waals surface area contributed by atoms with Crippen LogP contribution < -0.4 is 0 Å². The van der Waals surface area contributed by atoms with Gasteiger partial charge in [-0.15, -0.1) is 0 Å². The van der Waals surface area contributed by atoms with Gasteiger partial charge in [-0.3, -0.25) is 9.59 Å². The topological polar surface area (TPSA) is 89.5 Å². The summed E-state index contributed by atoms with van der Waals surface area (Å²) in [5.74, 6) is -0.862. The van der Waals surface area contributed by atoms with Crippen molar-refractivity contribution in [2.45, 2.75) is 70.6 Å². The summed E-state index contributed by atoms with van der Waals surface area (Å²) in [6, 6.07) is 29.5. The van der Waals surface area contributed by atoms with Gasteiger partial charge in [-0.1, -0.05) is 91.0 Å². The van der Waals surface area contributed by atoms with Crippen LogP contribution >= 0.6 is 0 Å². The quantitative estimate of drug-likeness (QED) is 0.253. The molecule has 1 aliphatic heterocycles. The molecule has 4 rings (SSSR count). The van der Waals surface area contributed by atoms with Crippen LogP contribution in [0.1, 0.15) is 37.0 Å². The normalized spacial score (nSPS) is 22.1. The van der Waals surface area contributed by atoms with E-state index >= 15 is 0 Å². The van der Waals surface area contributed by atoms with E-state index < -0.39 is 42.5 Å².